The molecular formula is C37H41FN6O4Si. The van der Waals surface area contributed by atoms with E-state index in [9.17, 15) is 14.7 Å². The Labute approximate surface area is 286 Å². The van der Waals surface area contributed by atoms with Crippen molar-refractivity contribution in [1.82, 2.24) is 15.0 Å². The number of aryl methyl sites for hydroxylation is 1. The van der Waals surface area contributed by atoms with E-state index in [0.29, 0.717) is 50.2 Å². The first-order valence-corrected chi connectivity index (χ1v) is 19.9. The number of carbonyl (C=O) groups is 2. The van der Waals surface area contributed by atoms with E-state index >= 15 is 4.11 Å². The zero-order valence-corrected chi connectivity index (χ0v) is 29.0. The van der Waals surface area contributed by atoms with Gasteiger partial charge in [0.15, 0.2) is 5.60 Å². The predicted molar refractivity (Wildman–Crippen MR) is 187 cm³/mol. The number of hydrogen-bond acceptors (Lipinski definition) is 7. The van der Waals surface area contributed by atoms with E-state index in [4.69, 9.17) is 4.74 Å². The molecule has 1 fully saturated rings. The largest absolute Gasteiger partial charge is 0.396 e. The number of halogens is 1. The van der Waals surface area contributed by atoms with Crippen LogP contribution in [0.4, 0.5) is 15.5 Å². The van der Waals surface area contributed by atoms with Gasteiger partial charge in [-0.15, -0.1) is 5.10 Å². The van der Waals surface area contributed by atoms with Crippen LogP contribution in [-0.2, 0) is 39.4 Å². The van der Waals surface area contributed by atoms with Crippen LogP contribution in [0.15, 0.2) is 90.2 Å². The molecule has 4 atom stereocenters. The van der Waals surface area contributed by atoms with Crippen LogP contribution in [0.25, 0.3) is 0 Å². The molecule has 2 amide bonds. The van der Waals surface area contributed by atoms with Crippen molar-refractivity contribution in [2.24, 2.45) is 11.0 Å². The molecule has 7 rings (SSSR count). The molecule has 49 heavy (non-hydrogen) atoms. The summed E-state index contributed by atoms with van der Waals surface area (Å²) in [5, 5.41) is 23.7. The third-order valence-corrected chi connectivity index (χ3v) is 12.6. The van der Waals surface area contributed by atoms with Crippen molar-refractivity contribution in [2.75, 3.05) is 16.5 Å². The molecule has 1 N–H and O–H groups in total. The van der Waals surface area contributed by atoms with Gasteiger partial charge in [0.1, 0.15) is 0 Å². The van der Waals surface area contributed by atoms with Gasteiger partial charge in [-0.3, -0.25) is 14.3 Å². The number of fused-ring (bicyclic) bond motifs is 2. The van der Waals surface area contributed by atoms with Crippen LogP contribution in [-0.4, -0.2) is 58.7 Å². The van der Waals surface area contributed by atoms with Gasteiger partial charge in [0.05, 0.1) is 35.4 Å². The summed E-state index contributed by atoms with van der Waals surface area (Å²) in [6.07, 6.45) is 3.14. The number of aliphatic hydroxyl groups excluding tert-OH is 1. The SMILES string of the molecule is C[C@@H]1[C@@H]([Si](C)(C)F)[C@H](CCn2cc(CCO)nn2)O[C@@]12C(=O)N(Cc1ccc(N3N=C(c4ccccc4)CCC3=O)cc1)c1ccccc12. The third-order valence-electron chi connectivity index (χ3n) is 10.1. The Morgan fingerprint density at radius 2 is 1.73 bits per heavy atom. The number of aliphatic hydroxyl groups is 1. The lowest BCUT2D eigenvalue weighted by Gasteiger charge is -2.31. The average molecular weight is 681 g/mol. The standard InChI is InChI=1S/C37H41FN6O4Si/c1-25-35(49(2,3)38)33(19-21-42-24-28(20-22-45)39-41-42)48-37(25)30-11-7-8-12-32(30)43(36(37)47)23-26-13-15-29(16-14-26)44-34(46)18-17-31(40-44)27-9-5-4-6-10-27/h4-16,24-25,33,35,45H,17-23H2,1-3H3/t25-,33+,35-,37+/m1/s1. The quantitative estimate of drug-likeness (QED) is 0.169. The summed E-state index contributed by atoms with van der Waals surface area (Å²) in [7, 11) is -3.31. The van der Waals surface area contributed by atoms with Crippen molar-refractivity contribution in [1.29, 1.82) is 0 Å². The molecule has 0 unspecified atom stereocenters. The molecule has 4 aromatic rings. The molecule has 12 heteroatoms. The number of ether oxygens (including phenoxy) is 1. The Bertz CT molecular complexity index is 1880. The topological polar surface area (TPSA) is 113 Å². The average Bonchev–Trinajstić information content (AvgIpc) is 3.75. The number of para-hydroxylation sites is 1. The predicted octanol–water partition coefficient (Wildman–Crippen LogP) is 5.76. The van der Waals surface area contributed by atoms with E-state index in [1.165, 1.54) is 5.01 Å². The Morgan fingerprint density at radius 3 is 2.47 bits per heavy atom. The fraction of sp³-hybridized carbons (Fsp3) is 0.378. The number of nitrogens with zero attached hydrogens (tertiary/aromatic N) is 6. The van der Waals surface area contributed by atoms with Gasteiger partial charge >= 0.3 is 0 Å². The highest BCUT2D eigenvalue weighted by molar-refractivity contribution is 6.72. The van der Waals surface area contributed by atoms with Crippen LogP contribution in [0, 0.1) is 5.92 Å². The van der Waals surface area contributed by atoms with E-state index in [1.807, 2.05) is 85.8 Å². The second-order valence-corrected chi connectivity index (χ2v) is 17.5. The number of aromatic nitrogens is 3. The minimum absolute atomic E-state index is 0.0153. The van der Waals surface area contributed by atoms with E-state index in [2.05, 4.69) is 15.4 Å². The number of carbonyl (C=O) groups excluding carboxylic acids is 2. The van der Waals surface area contributed by atoms with Crippen LogP contribution < -0.4 is 9.91 Å². The summed E-state index contributed by atoms with van der Waals surface area (Å²) < 4.78 is 24.7. The summed E-state index contributed by atoms with van der Waals surface area (Å²) in [6, 6.07) is 25.1. The van der Waals surface area contributed by atoms with Crippen molar-refractivity contribution in [3.8, 4) is 0 Å². The third kappa shape index (κ3) is 6.02. The highest BCUT2D eigenvalue weighted by Crippen LogP contribution is 2.60. The lowest BCUT2D eigenvalue weighted by Crippen LogP contribution is -2.45. The molecule has 1 aromatic heterocycles. The summed E-state index contributed by atoms with van der Waals surface area (Å²) in [5.41, 5.74) is 3.88. The minimum atomic E-state index is -3.31. The summed E-state index contributed by atoms with van der Waals surface area (Å²) in [4.78, 5) is 29.3. The lowest BCUT2D eigenvalue weighted by atomic mass is 9.82. The fourth-order valence-electron chi connectivity index (χ4n) is 7.88. The van der Waals surface area contributed by atoms with E-state index in [1.54, 1.807) is 28.9 Å². The zero-order valence-electron chi connectivity index (χ0n) is 28.0. The Hall–Kier alpha value is -4.52. The van der Waals surface area contributed by atoms with Gasteiger partial charge < -0.3 is 18.9 Å². The van der Waals surface area contributed by atoms with Gasteiger partial charge in [0.2, 0.25) is 14.3 Å². The number of hydrazone groups is 1. The molecule has 3 aliphatic rings. The Balaban J connectivity index is 1.14. The van der Waals surface area contributed by atoms with Gasteiger partial charge in [0.25, 0.3) is 5.91 Å². The molecule has 1 saturated heterocycles. The molecule has 0 bridgehead atoms. The molecule has 10 nitrogen and oxygen atoms in total. The highest BCUT2D eigenvalue weighted by Gasteiger charge is 2.66. The maximum Gasteiger partial charge on any atom is 0.264 e. The molecule has 0 aliphatic carbocycles. The molecular weight excluding hydrogens is 640 g/mol. The monoisotopic (exact) mass is 680 g/mol. The van der Waals surface area contributed by atoms with Gasteiger partial charge in [-0.25, -0.2) is 5.01 Å². The number of amides is 2. The zero-order chi connectivity index (χ0) is 34.3. The normalized spacial score (nSPS) is 23.8. The van der Waals surface area contributed by atoms with Crippen molar-refractivity contribution in [2.45, 2.75) is 76.0 Å². The van der Waals surface area contributed by atoms with Crippen molar-refractivity contribution in [3.05, 3.63) is 107 Å². The molecule has 3 aliphatic heterocycles. The fourth-order valence-corrected chi connectivity index (χ4v) is 10.4. The van der Waals surface area contributed by atoms with Crippen LogP contribution in [0.2, 0.25) is 18.6 Å². The molecule has 3 aromatic carbocycles. The summed E-state index contributed by atoms with van der Waals surface area (Å²) in [6.45, 7) is 6.08. The maximum atomic E-state index is 16.2. The Morgan fingerprint density at radius 1 is 1.00 bits per heavy atom. The first kappa shape index (κ1) is 33.0. The van der Waals surface area contributed by atoms with Crippen molar-refractivity contribution >= 4 is 37.3 Å². The second kappa shape index (κ2) is 13.1. The summed E-state index contributed by atoms with van der Waals surface area (Å²) in [5.74, 6) is -0.652. The smallest absolute Gasteiger partial charge is 0.264 e. The molecule has 1 spiro atoms. The van der Waals surface area contributed by atoms with Gasteiger partial charge in [-0.2, -0.15) is 5.10 Å². The van der Waals surface area contributed by atoms with Crippen molar-refractivity contribution in [3.63, 3.8) is 0 Å². The lowest BCUT2D eigenvalue weighted by molar-refractivity contribution is -0.146. The minimum Gasteiger partial charge on any atom is -0.396 e. The molecule has 0 radical (unpaired) electrons. The van der Waals surface area contributed by atoms with Gasteiger partial charge in [-0.05, 0) is 48.8 Å². The van der Waals surface area contributed by atoms with Crippen molar-refractivity contribution < 1.29 is 23.5 Å². The summed E-state index contributed by atoms with van der Waals surface area (Å²) >= 11 is 0. The van der Waals surface area contributed by atoms with Gasteiger partial charge in [-0.1, -0.05) is 72.8 Å². The van der Waals surface area contributed by atoms with Crippen LogP contribution in [0.3, 0.4) is 0 Å². The molecule has 254 valence electrons. The number of hydrogen-bond donors (Lipinski definition) is 1. The van der Waals surface area contributed by atoms with Gasteiger partial charge in [0, 0.05) is 55.6 Å². The molecule has 0 saturated carbocycles. The Kier molecular flexibility index (Phi) is 8.80. The number of rotatable bonds is 10. The maximum absolute atomic E-state index is 16.2. The first-order chi connectivity index (χ1) is 23.6. The van der Waals surface area contributed by atoms with Crippen LogP contribution in [0.5, 0.6) is 0 Å². The number of benzene rings is 3. The number of anilines is 2. The van der Waals surface area contributed by atoms with Crippen LogP contribution in [0.1, 0.15) is 48.6 Å². The highest BCUT2D eigenvalue weighted by atomic mass is 28.4. The first-order valence-electron chi connectivity index (χ1n) is 16.9. The second-order valence-electron chi connectivity index (χ2n) is 13.7. The van der Waals surface area contributed by atoms with E-state index in [-0.39, 0.29) is 18.4 Å². The molecule has 4 heterocycles. The van der Waals surface area contributed by atoms with E-state index in [0.717, 1.165) is 28.1 Å². The van der Waals surface area contributed by atoms with Crippen LogP contribution >= 0.6 is 0 Å². The van der Waals surface area contributed by atoms with E-state index < -0.39 is 31.6 Å².